The highest BCUT2D eigenvalue weighted by Crippen LogP contribution is 2.17. The Hall–Kier alpha value is -2.04. The van der Waals surface area contributed by atoms with Crippen molar-refractivity contribution in [3.8, 4) is 0 Å². The molecule has 2 aromatic rings. The molecule has 3 rings (SSSR count). The number of piperazine rings is 1. The summed E-state index contributed by atoms with van der Waals surface area (Å²) in [6.07, 6.45) is 1.01. The second-order valence-electron chi connectivity index (χ2n) is 6.95. The minimum absolute atomic E-state index is 0.00366. The molecule has 0 bridgehead atoms. The van der Waals surface area contributed by atoms with Gasteiger partial charge in [0.25, 0.3) is 0 Å². The van der Waals surface area contributed by atoms with E-state index >= 15 is 0 Å². The molecular weight excluding hydrogens is 346 g/mol. The summed E-state index contributed by atoms with van der Waals surface area (Å²) in [7, 11) is 0. The van der Waals surface area contributed by atoms with Crippen LogP contribution in [0.3, 0.4) is 0 Å². The van der Waals surface area contributed by atoms with Crippen molar-refractivity contribution in [1.29, 1.82) is 0 Å². The Kier molecular flexibility index (Phi) is 6.17. The SMILES string of the molecule is Cc1ccc(C)c(NC(=O)N2CCN(CCc3ccc(Cl)cc3)CC2)c1. The number of hydrogen-bond acceptors (Lipinski definition) is 2. The summed E-state index contributed by atoms with van der Waals surface area (Å²) in [5.41, 5.74) is 4.44. The van der Waals surface area contributed by atoms with Gasteiger partial charge in [0.1, 0.15) is 0 Å². The first-order valence-corrected chi connectivity index (χ1v) is 9.49. The van der Waals surface area contributed by atoms with Gasteiger partial charge in [-0.25, -0.2) is 4.79 Å². The first-order valence-electron chi connectivity index (χ1n) is 9.11. The third-order valence-corrected chi connectivity index (χ3v) is 5.18. The van der Waals surface area contributed by atoms with Crippen LogP contribution in [0.5, 0.6) is 0 Å². The van der Waals surface area contributed by atoms with Gasteiger partial charge >= 0.3 is 6.03 Å². The molecule has 0 saturated carbocycles. The van der Waals surface area contributed by atoms with Gasteiger partial charge in [0.2, 0.25) is 0 Å². The van der Waals surface area contributed by atoms with Gasteiger partial charge in [0.05, 0.1) is 0 Å². The maximum atomic E-state index is 12.5. The normalized spacial score (nSPS) is 15.1. The highest BCUT2D eigenvalue weighted by Gasteiger charge is 2.21. The zero-order valence-electron chi connectivity index (χ0n) is 15.5. The van der Waals surface area contributed by atoms with E-state index in [-0.39, 0.29) is 6.03 Å². The fraction of sp³-hybridized carbons (Fsp3) is 0.381. The van der Waals surface area contributed by atoms with Gasteiger partial charge < -0.3 is 10.2 Å². The number of anilines is 1. The molecule has 1 saturated heterocycles. The Balaban J connectivity index is 1.46. The minimum atomic E-state index is -0.00366. The van der Waals surface area contributed by atoms with E-state index in [9.17, 15) is 4.79 Å². The van der Waals surface area contributed by atoms with Gasteiger partial charge in [0, 0.05) is 43.4 Å². The Morgan fingerprint density at radius 1 is 1.04 bits per heavy atom. The maximum Gasteiger partial charge on any atom is 0.321 e. The average molecular weight is 372 g/mol. The molecule has 2 amide bonds. The standard InChI is InChI=1S/C21H26ClN3O/c1-16-3-4-17(2)20(15-16)23-21(26)25-13-11-24(12-14-25)10-9-18-5-7-19(22)8-6-18/h3-8,15H,9-14H2,1-2H3,(H,23,26). The van der Waals surface area contributed by atoms with Crippen molar-refractivity contribution in [2.45, 2.75) is 20.3 Å². The minimum Gasteiger partial charge on any atom is -0.322 e. The highest BCUT2D eigenvalue weighted by molar-refractivity contribution is 6.30. The molecule has 1 N–H and O–H groups in total. The molecule has 1 aliphatic rings. The molecule has 1 fully saturated rings. The second kappa shape index (κ2) is 8.56. The van der Waals surface area contributed by atoms with E-state index in [0.717, 1.165) is 61.0 Å². The molecule has 1 aliphatic heterocycles. The van der Waals surface area contributed by atoms with Crippen molar-refractivity contribution in [2.24, 2.45) is 0 Å². The van der Waals surface area contributed by atoms with Crippen LogP contribution in [0.15, 0.2) is 42.5 Å². The second-order valence-corrected chi connectivity index (χ2v) is 7.39. The van der Waals surface area contributed by atoms with Gasteiger partial charge in [-0.15, -0.1) is 0 Å². The number of rotatable bonds is 4. The number of aryl methyl sites for hydroxylation is 2. The van der Waals surface area contributed by atoms with Gasteiger partial charge in [-0.3, -0.25) is 4.90 Å². The van der Waals surface area contributed by atoms with E-state index in [0.29, 0.717) is 0 Å². The van der Waals surface area contributed by atoms with Gasteiger partial charge in [0.15, 0.2) is 0 Å². The molecule has 5 heteroatoms. The lowest BCUT2D eigenvalue weighted by Gasteiger charge is -2.34. The summed E-state index contributed by atoms with van der Waals surface area (Å²) in [6, 6.07) is 14.2. The van der Waals surface area contributed by atoms with Crippen LogP contribution in [-0.2, 0) is 6.42 Å². The van der Waals surface area contributed by atoms with Gasteiger partial charge in [-0.2, -0.15) is 0 Å². The summed E-state index contributed by atoms with van der Waals surface area (Å²) in [4.78, 5) is 16.8. The zero-order chi connectivity index (χ0) is 18.5. The monoisotopic (exact) mass is 371 g/mol. The van der Waals surface area contributed by atoms with E-state index in [1.54, 1.807) is 0 Å². The molecule has 0 aliphatic carbocycles. The number of amides is 2. The van der Waals surface area contributed by atoms with Crippen LogP contribution < -0.4 is 5.32 Å². The van der Waals surface area contributed by atoms with Crippen LogP contribution in [-0.4, -0.2) is 48.6 Å². The number of urea groups is 1. The number of carbonyl (C=O) groups is 1. The maximum absolute atomic E-state index is 12.5. The van der Waals surface area contributed by atoms with Crippen molar-refractivity contribution >= 4 is 23.3 Å². The largest absolute Gasteiger partial charge is 0.322 e. The number of carbonyl (C=O) groups excluding carboxylic acids is 1. The van der Waals surface area contributed by atoms with E-state index < -0.39 is 0 Å². The molecule has 0 radical (unpaired) electrons. The quantitative estimate of drug-likeness (QED) is 0.867. The van der Waals surface area contributed by atoms with Crippen LogP contribution in [0.25, 0.3) is 0 Å². The number of benzene rings is 2. The van der Waals surface area contributed by atoms with Crippen molar-refractivity contribution in [1.82, 2.24) is 9.80 Å². The molecular formula is C21H26ClN3O. The van der Waals surface area contributed by atoms with Crippen LogP contribution in [0, 0.1) is 13.8 Å². The van der Waals surface area contributed by atoms with Crippen LogP contribution in [0.4, 0.5) is 10.5 Å². The summed E-state index contributed by atoms with van der Waals surface area (Å²) in [5, 5.41) is 3.83. The number of nitrogens with zero attached hydrogens (tertiary/aromatic N) is 2. The van der Waals surface area contributed by atoms with Gasteiger partial charge in [-0.05, 0) is 55.2 Å². The third kappa shape index (κ3) is 4.99. The molecule has 0 unspecified atom stereocenters. The molecule has 0 atom stereocenters. The van der Waals surface area contributed by atoms with E-state index in [1.165, 1.54) is 5.56 Å². The topological polar surface area (TPSA) is 35.6 Å². The lowest BCUT2D eigenvalue weighted by atomic mass is 10.1. The van der Waals surface area contributed by atoms with Crippen LogP contribution in [0.2, 0.25) is 5.02 Å². The van der Waals surface area contributed by atoms with E-state index in [2.05, 4.69) is 28.4 Å². The molecule has 2 aromatic carbocycles. The van der Waals surface area contributed by atoms with Crippen molar-refractivity contribution in [3.63, 3.8) is 0 Å². The molecule has 26 heavy (non-hydrogen) atoms. The first-order chi connectivity index (χ1) is 12.5. The molecule has 0 aromatic heterocycles. The number of halogens is 1. The Bertz CT molecular complexity index is 752. The lowest BCUT2D eigenvalue weighted by molar-refractivity contribution is 0.148. The molecule has 1 heterocycles. The Morgan fingerprint density at radius 3 is 2.42 bits per heavy atom. The predicted molar refractivity (Wildman–Crippen MR) is 108 cm³/mol. The summed E-state index contributed by atoms with van der Waals surface area (Å²) < 4.78 is 0. The summed E-state index contributed by atoms with van der Waals surface area (Å²) >= 11 is 5.93. The fourth-order valence-electron chi connectivity index (χ4n) is 3.18. The van der Waals surface area contributed by atoms with Crippen molar-refractivity contribution in [2.75, 3.05) is 38.0 Å². The van der Waals surface area contributed by atoms with E-state index in [1.807, 2.05) is 43.0 Å². The van der Waals surface area contributed by atoms with E-state index in [4.69, 9.17) is 11.6 Å². The third-order valence-electron chi connectivity index (χ3n) is 4.92. The van der Waals surface area contributed by atoms with Crippen molar-refractivity contribution < 1.29 is 4.79 Å². The summed E-state index contributed by atoms with van der Waals surface area (Å²) in [6.45, 7) is 8.41. The number of hydrogen-bond donors (Lipinski definition) is 1. The van der Waals surface area contributed by atoms with Crippen molar-refractivity contribution in [3.05, 3.63) is 64.2 Å². The molecule has 138 valence electrons. The fourth-order valence-corrected chi connectivity index (χ4v) is 3.30. The highest BCUT2D eigenvalue weighted by atomic mass is 35.5. The summed E-state index contributed by atoms with van der Waals surface area (Å²) in [5.74, 6) is 0. The predicted octanol–water partition coefficient (Wildman–Crippen LogP) is 4.35. The Labute approximate surface area is 160 Å². The van der Waals surface area contributed by atoms with Crippen LogP contribution >= 0.6 is 11.6 Å². The Morgan fingerprint density at radius 2 is 1.73 bits per heavy atom. The molecule has 4 nitrogen and oxygen atoms in total. The lowest BCUT2D eigenvalue weighted by Crippen LogP contribution is -2.50. The zero-order valence-corrected chi connectivity index (χ0v) is 16.2. The average Bonchev–Trinajstić information content (AvgIpc) is 2.64. The van der Waals surface area contributed by atoms with Crippen LogP contribution in [0.1, 0.15) is 16.7 Å². The number of nitrogens with one attached hydrogen (secondary N) is 1. The smallest absolute Gasteiger partial charge is 0.321 e. The molecule has 0 spiro atoms. The first kappa shape index (κ1) is 18.7. The van der Waals surface area contributed by atoms with Gasteiger partial charge in [-0.1, -0.05) is 35.9 Å².